The summed E-state index contributed by atoms with van der Waals surface area (Å²) >= 11 is 0. The Kier molecular flexibility index (Phi) is 2.44. The Hall–Kier alpha value is -2.43. The first-order valence-corrected chi connectivity index (χ1v) is 5.42. The molecule has 4 nitrogen and oxygen atoms in total. The number of halogens is 1. The lowest BCUT2D eigenvalue weighted by Crippen LogP contribution is -1.83. The second kappa shape index (κ2) is 4.10. The predicted molar refractivity (Wildman–Crippen MR) is 65.8 cm³/mol. The van der Waals surface area contributed by atoms with E-state index in [0.717, 1.165) is 17.5 Å². The maximum Gasteiger partial charge on any atom is 0.178 e. The SMILES string of the molecule is COc1ccc(-c2nc3ncc(F)cc3[nH]2)cc1. The number of nitrogens with one attached hydrogen (secondary N) is 1. The van der Waals surface area contributed by atoms with Gasteiger partial charge >= 0.3 is 0 Å². The van der Waals surface area contributed by atoms with Crippen LogP contribution in [0.15, 0.2) is 36.5 Å². The molecule has 0 aliphatic carbocycles. The second-order valence-electron chi connectivity index (χ2n) is 3.84. The standard InChI is InChI=1S/C13H10FN3O/c1-18-10-4-2-8(3-5-10)12-16-11-6-9(14)7-15-13(11)17-12/h2-7H,1H3,(H,15,16,17). The number of nitrogens with zero attached hydrogens (tertiary/aromatic N) is 2. The Morgan fingerprint density at radius 3 is 2.72 bits per heavy atom. The average molecular weight is 243 g/mol. The van der Waals surface area contributed by atoms with Crippen LogP contribution in [0.3, 0.4) is 0 Å². The van der Waals surface area contributed by atoms with Crippen molar-refractivity contribution in [2.75, 3.05) is 7.11 Å². The molecule has 5 heteroatoms. The fourth-order valence-corrected chi connectivity index (χ4v) is 1.76. The molecule has 0 radical (unpaired) electrons. The molecule has 0 unspecified atom stereocenters. The molecule has 1 aromatic carbocycles. The predicted octanol–water partition coefficient (Wildman–Crippen LogP) is 2.77. The molecule has 3 aromatic rings. The van der Waals surface area contributed by atoms with E-state index in [1.807, 2.05) is 24.3 Å². The Bertz CT molecular complexity index is 691. The molecule has 0 atom stereocenters. The monoisotopic (exact) mass is 243 g/mol. The molecule has 18 heavy (non-hydrogen) atoms. The summed E-state index contributed by atoms with van der Waals surface area (Å²) in [4.78, 5) is 11.3. The summed E-state index contributed by atoms with van der Waals surface area (Å²) in [5.41, 5.74) is 1.98. The summed E-state index contributed by atoms with van der Waals surface area (Å²) in [5.74, 6) is 1.05. The van der Waals surface area contributed by atoms with Crippen molar-refractivity contribution >= 4 is 11.2 Å². The molecule has 0 bridgehead atoms. The van der Waals surface area contributed by atoms with Crippen molar-refractivity contribution in [2.24, 2.45) is 0 Å². The Labute approximate surface area is 102 Å². The van der Waals surface area contributed by atoms with Crippen LogP contribution in [0.25, 0.3) is 22.6 Å². The number of hydrogen-bond donors (Lipinski definition) is 1. The van der Waals surface area contributed by atoms with Gasteiger partial charge in [-0.2, -0.15) is 0 Å². The number of pyridine rings is 1. The average Bonchev–Trinajstić information content (AvgIpc) is 2.81. The van der Waals surface area contributed by atoms with Gasteiger partial charge in [-0.25, -0.2) is 14.4 Å². The van der Waals surface area contributed by atoms with Crippen LogP contribution in [0, 0.1) is 5.82 Å². The highest BCUT2D eigenvalue weighted by molar-refractivity contribution is 5.75. The van der Waals surface area contributed by atoms with E-state index < -0.39 is 0 Å². The summed E-state index contributed by atoms with van der Waals surface area (Å²) in [5, 5.41) is 0. The van der Waals surface area contributed by atoms with Gasteiger partial charge in [-0.3, -0.25) is 0 Å². The van der Waals surface area contributed by atoms with E-state index in [0.29, 0.717) is 17.0 Å². The number of ether oxygens (including phenoxy) is 1. The first-order valence-electron chi connectivity index (χ1n) is 5.42. The third kappa shape index (κ3) is 1.79. The van der Waals surface area contributed by atoms with Gasteiger partial charge in [-0.1, -0.05) is 0 Å². The van der Waals surface area contributed by atoms with Crippen molar-refractivity contribution in [3.05, 3.63) is 42.3 Å². The molecular formula is C13H10FN3O. The first kappa shape index (κ1) is 10.7. The summed E-state index contributed by atoms with van der Waals surface area (Å²) in [6, 6.07) is 8.83. The molecule has 0 saturated carbocycles. The molecule has 2 heterocycles. The van der Waals surface area contributed by atoms with Crippen LogP contribution < -0.4 is 4.74 Å². The van der Waals surface area contributed by atoms with Crippen molar-refractivity contribution in [1.29, 1.82) is 0 Å². The number of H-pyrrole nitrogens is 1. The number of benzene rings is 1. The highest BCUT2D eigenvalue weighted by Crippen LogP contribution is 2.22. The van der Waals surface area contributed by atoms with Gasteiger partial charge in [0.25, 0.3) is 0 Å². The van der Waals surface area contributed by atoms with E-state index in [2.05, 4.69) is 15.0 Å². The highest BCUT2D eigenvalue weighted by atomic mass is 19.1. The molecule has 0 fully saturated rings. The van der Waals surface area contributed by atoms with Gasteiger partial charge in [0.1, 0.15) is 17.4 Å². The lowest BCUT2D eigenvalue weighted by atomic mass is 10.2. The molecule has 0 amide bonds. The molecule has 0 saturated heterocycles. The molecule has 2 aromatic heterocycles. The third-order valence-electron chi connectivity index (χ3n) is 2.67. The number of methoxy groups -OCH3 is 1. The largest absolute Gasteiger partial charge is 0.497 e. The van der Waals surface area contributed by atoms with E-state index in [-0.39, 0.29) is 5.82 Å². The molecule has 0 aliphatic rings. The van der Waals surface area contributed by atoms with Crippen molar-refractivity contribution in [1.82, 2.24) is 15.0 Å². The van der Waals surface area contributed by atoms with Crippen LogP contribution in [0.2, 0.25) is 0 Å². The minimum absolute atomic E-state index is 0.382. The number of rotatable bonds is 2. The smallest absolute Gasteiger partial charge is 0.178 e. The normalized spacial score (nSPS) is 10.8. The van der Waals surface area contributed by atoms with Gasteiger partial charge in [0, 0.05) is 11.6 Å². The zero-order chi connectivity index (χ0) is 12.5. The van der Waals surface area contributed by atoms with E-state index in [1.54, 1.807) is 7.11 Å². The van der Waals surface area contributed by atoms with E-state index in [1.165, 1.54) is 6.07 Å². The van der Waals surface area contributed by atoms with E-state index in [9.17, 15) is 4.39 Å². The lowest BCUT2D eigenvalue weighted by Gasteiger charge is -2.00. The second-order valence-corrected chi connectivity index (χ2v) is 3.84. The minimum Gasteiger partial charge on any atom is -0.497 e. The fraction of sp³-hybridized carbons (Fsp3) is 0.0769. The third-order valence-corrected chi connectivity index (χ3v) is 2.67. The Balaban J connectivity index is 2.07. The maximum atomic E-state index is 13.0. The summed E-state index contributed by atoms with van der Waals surface area (Å²) in [7, 11) is 1.61. The van der Waals surface area contributed by atoms with Crippen LogP contribution in [0.4, 0.5) is 4.39 Å². The van der Waals surface area contributed by atoms with Crippen molar-refractivity contribution in [3.8, 4) is 17.1 Å². The van der Waals surface area contributed by atoms with Crippen molar-refractivity contribution < 1.29 is 9.13 Å². The van der Waals surface area contributed by atoms with Crippen molar-refractivity contribution in [3.63, 3.8) is 0 Å². The van der Waals surface area contributed by atoms with Crippen LogP contribution in [-0.4, -0.2) is 22.1 Å². The van der Waals surface area contributed by atoms with Crippen LogP contribution >= 0.6 is 0 Å². The molecule has 1 N–H and O–H groups in total. The summed E-state index contributed by atoms with van der Waals surface area (Å²) in [6.07, 6.45) is 1.15. The van der Waals surface area contributed by atoms with Crippen LogP contribution in [0.1, 0.15) is 0 Å². The molecule has 0 aliphatic heterocycles. The highest BCUT2D eigenvalue weighted by Gasteiger charge is 2.07. The van der Waals surface area contributed by atoms with Gasteiger partial charge in [-0.05, 0) is 24.3 Å². The Morgan fingerprint density at radius 1 is 1.22 bits per heavy atom. The quantitative estimate of drug-likeness (QED) is 0.753. The summed E-state index contributed by atoms with van der Waals surface area (Å²) < 4.78 is 18.1. The summed E-state index contributed by atoms with van der Waals surface area (Å²) in [6.45, 7) is 0. The molecular weight excluding hydrogens is 233 g/mol. The minimum atomic E-state index is -0.382. The Morgan fingerprint density at radius 2 is 2.00 bits per heavy atom. The topological polar surface area (TPSA) is 50.8 Å². The fourth-order valence-electron chi connectivity index (χ4n) is 1.76. The number of aromatic nitrogens is 3. The molecule has 3 rings (SSSR count). The lowest BCUT2D eigenvalue weighted by molar-refractivity contribution is 0.415. The number of hydrogen-bond acceptors (Lipinski definition) is 3. The maximum absolute atomic E-state index is 13.0. The van der Waals surface area contributed by atoms with Gasteiger partial charge in [-0.15, -0.1) is 0 Å². The van der Waals surface area contributed by atoms with E-state index in [4.69, 9.17) is 4.74 Å². The number of imidazole rings is 1. The van der Waals surface area contributed by atoms with Crippen LogP contribution in [-0.2, 0) is 0 Å². The van der Waals surface area contributed by atoms with E-state index >= 15 is 0 Å². The van der Waals surface area contributed by atoms with Gasteiger partial charge < -0.3 is 9.72 Å². The van der Waals surface area contributed by atoms with Crippen LogP contribution in [0.5, 0.6) is 5.75 Å². The van der Waals surface area contributed by atoms with Crippen molar-refractivity contribution in [2.45, 2.75) is 0 Å². The molecule has 0 spiro atoms. The first-order chi connectivity index (χ1) is 8.76. The van der Waals surface area contributed by atoms with Gasteiger partial charge in [0.15, 0.2) is 5.65 Å². The number of aromatic amines is 1. The number of fused-ring (bicyclic) bond motifs is 1. The van der Waals surface area contributed by atoms with Gasteiger partial charge in [0.2, 0.25) is 0 Å². The molecule has 90 valence electrons. The zero-order valence-electron chi connectivity index (χ0n) is 9.64. The van der Waals surface area contributed by atoms with Gasteiger partial charge in [0.05, 0.1) is 18.8 Å². The zero-order valence-corrected chi connectivity index (χ0v) is 9.64.